The van der Waals surface area contributed by atoms with Crippen molar-refractivity contribution in [1.29, 1.82) is 0 Å². The molecule has 0 spiro atoms. The molecule has 2 atom stereocenters. The highest BCUT2D eigenvalue weighted by Gasteiger charge is 2.42. The van der Waals surface area contributed by atoms with Crippen molar-refractivity contribution in [3.05, 3.63) is 27.4 Å². The van der Waals surface area contributed by atoms with Gasteiger partial charge in [-0.2, -0.15) is 0 Å². The van der Waals surface area contributed by atoms with Gasteiger partial charge >= 0.3 is 5.91 Å². The van der Waals surface area contributed by atoms with Crippen molar-refractivity contribution in [2.45, 2.75) is 18.8 Å². The second kappa shape index (κ2) is 5.31. The molecular formula is C16H14Cl2N3O3+. The summed E-state index contributed by atoms with van der Waals surface area (Å²) in [7, 11) is 0. The Morgan fingerprint density at radius 1 is 1.46 bits per heavy atom. The van der Waals surface area contributed by atoms with E-state index >= 15 is 0 Å². The number of rotatable bonds is 1. The zero-order valence-electron chi connectivity index (χ0n) is 12.7. The average Bonchev–Trinajstić information content (AvgIpc) is 2.93. The first-order chi connectivity index (χ1) is 11.4. The van der Waals surface area contributed by atoms with Crippen molar-refractivity contribution in [3.8, 4) is 0 Å². The van der Waals surface area contributed by atoms with Gasteiger partial charge in [-0.1, -0.05) is 30.1 Å². The van der Waals surface area contributed by atoms with Crippen molar-refractivity contribution in [3.63, 3.8) is 0 Å². The van der Waals surface area contributed by atoms with E-state index < -0.39 is 18.4 Å². The second-order valence-corrected chi connectivity index (χ2v) is 6.87. The molecular weight excluding hydrogens is 353 g/mol. The maximum absolute atomic E-state index is 12.5. The number of aliphatic hydroxyl groups is 1. The zero-order chi connectivity index (χ0) is 17.2. The van der Waals surface area contributed by atoms with E-state index in [1.807, 2.05) is 6.92 Å². The van der Waals surface area contributed by atoms with E-state index in [4.69, 9.17) is 23.2 Å². The fourth-order valence-electron chi connectivity index (χ4n) is 3.50. The molecule has 4 rings (SSSR count). The fourth-order valence-corrected chi connectivity index (χ4v) is 3.90. The van der Waals surface area contributed by atoms with E-state index in [-0.39, 0.29) is 11.8 Å². The maximum atomic E-state index is 12.5. The number of benzene rings is 1. The Balaban J connectivity index is 2.15. The molecule has 2 amide bonds. The van der Waals surface area contributed by atoms with Crippen LogP contribution in [-0.4, -0.2) is 45.8 Å². The van der Waals surface area contributed by atoms with Crippen LogP contribution in [0, 0.1) is 0 Å². The summed E-state index contributed by atoms with van der Waals surface area (Å²) >= 11 is 12.6. The standard InChI is InChI=1S/C16H13Cl2N3O3/c1-6-3-19-16(24)7-4-21(10(23)5-22)9-2-8(17)13(18)15-12(9)11(7)14(6)20-15/h2,4,6-7,20,22H,3,5H2,1H3/p+1/t6-,7-/m0/s1. The summed E-state index contributed by atoms with van der Waals surface area (Å²) in [4.78, 5) is 28.0. The lowest BCUT2D eigenvalue weighted by Crippen LogP contribution is -2.34. The van der Waals surface area contributed by atoms with Crippen LogP contribution in [0.3, 0.4) is 0 Å². The Morgan fingerprint density at radius 2 is 2.21 bits per heavy atom. The van der Waals surface area contributed by atoms with Crippen molar-refractivity contribution in [2.24, 2.45) is 0 Å². The fraction of sp³-hybridized carbons (Fsp3) is 0.312. The molecule has 1 aromatic heterocycles. The molecule has 8 heteroatoms. The largest absolute Gasteiger partial charge is 0.417 e. The predicted molar refractivity (Wildman–Crippen MR) is 90.6 cm³/mol. The molecule has 2 aliphatic rings. The summed E-state index contributed by atoms with van der Waals surface area (Å²) in [5.74, 6) is -1.28. The number of aliphatic hydroxyl groups excluding tert-OH is 1. The van der Waals surface area contributed by atoms with Gasteiger partial charge in [0, 0.05) is 29.8 Å². The van der Waals surface area contributed by atoms with Crippen LogP contribution in [0.4, 0.5) is 5.69 Å². The number of nitrogens with zero attached hydrogens (tertiary/aromatic N) is 1. The van der Waals surface area contributed by atoms with Crippen LogP contribution in [0.25, 0.3) is 10.9 Å². The molecule has 0 radical (unpaired) electrons. The lowest BCUT2D eigenvalue weighted by atomic mass is 9.90. The molecule has 2 aliphatic heterocycles. The van der Waals surface area contributed by atoms with Gasteiger partial charge in [-0.15, -0.1) is 4.58 Å². The minimum atomic E-state index is -0.671. The van der Waals surface area contributed by atoms with Gasteiger partial charge in [0.05, 0.1) is 20.9 Å². The first-order valence-electron chi connectivity index (χ1n) is 7.53. The number of halogens is 2. The van der Waals surface area contributed by atoms with Gasteiger partial charge < -0.3 is 15.4 Å². The summed E-state index contributed by atoms with van der Waals surface area (Å²) < 4.78 is 1.29. The molecule has 3 N–H and O–H groups in total. The van der Waals surface area contributed by atoms with E-state index in [1.54, 1.807) is 6.07 Å². The maximum Gasteiger partial charge on any atom is 0.417 e. The Labute approximate surface area is 147 Å². The van der Waals surface area contributed by atoms with Crippen molar-refractivity contribution >= 4 is 57.8 Å². The number of H-pyrrole nitrogens is 1. The molecule has 0 saturated carbocycles. The number of hydrogen-bond donors (Lipinski definition) is 3. The van der Waals surface area contributed by atoms with Gasteiger partial charge in [-0.25, -0.2) is 4.79 Å². The molecule has 0 fully saturated rings. The molecule has 2 aromatic rings. The average molecular weight is 367 g/mol. The third-order valence-electron chi connectivity index (χ3n) is 4.65. The lowest BCUT2D eigenvalue weighted by Gasteiger charge is -2.15. The van der Waals surface area contributed by atoms with Crippen LogP contribution in [-0.2, 0) is 9.59 Å². The third kappa shape index (κ3) is 1.97. The van der Waals surface area contributed by atoms with Crippen molar-refractivity contribution < 1.29 is 19.3 Å². The van der Waals surface area contributed by atoms with Crippen molar-refractivity contribution in [2.75, 3.05) is 13.2 Å². The monoisotopic (exact) mass is 366 g/mol. The summed E-state index contributed by atoms with van der Waals surface area (Å²) in [5, 5.41) is 13.5. The molecule has 0 saturated heterocycles. The van der Waals surface area contributed by atoms with Gasteiger partial charge in [0.2, 0.25) is 11.6 Å². The van der Waals surface area contributed by atoms with Gasteiger partial charge in [-0.05, 0) is 0 Å². The highest BCUT2D eigenvalue weighted by atomic mass is 35.5. The minimum absolute atomic E-state index is 0.0672. The van der Waals surface area contributed by atoms with E-state index in [2.05, 4.69) is 10.3 Å². The first-order valence-corrected chi connectivity index (χ1v) is 8.28. The number of carbonyl (C=O) groups is 2. The van der Waals surface area contributed by atoms with Gasteiger partial charge in [-0.3, -0.25) is 4.79 Å². The normalized spacial score (nSPS) is 22.2. The minimum Gasteiger partial charge on any atom is -0.382 e. The van der Waals surface area contributed by atoms with E-state index in [0.717, 1.165) is 11.3 Å². The van der Waals surface area contributed by atoms with Crippen LogP contribution < -0.4 is 5.32 Å². The SMILES string of the molecule is C[C@H]1CNC(=O)[C@H]2C=[N+](C(=O)CO)c3cc(Cl)c(Cl)c4[nH]c1c2c34. The second-order valence-electron chi connectivity index (χ2n) is 6.09. The molecule has 0 unspecified atom stereocenters. The Morgan fingerprint density at radius 3 is 2.92 bits per heavy atom. The summed E-state index contributed by atoms with van der Waals surface area (Å²) in [6.07, 6.45) is 1.53. The number of carbonyl (C=O) groups excluding carboxylic acids is 2. The topological polar surface area (TPSA) is 85.2 Å². The van der Waals surface area contributed by atoms with Crippen LogP contribution in [0.2, 0.25) is 10.0 Å². The summed E-state index contributed by atoms with van der Waals surface area (Å²) in [6, 6.07) is 1.59. The Hall–Kier alpha value is -1.89. The molecule has 0 bridgehead atoms. The number of nitrogens with one attached hydrogen (secondary N) is 2. The molecule has 1 aromatic carbocycles. The number of aromatic amines is 1. The van der Waals surface area contributed by atoms with Crippen LogP contribution in [0.1, 0.15) is 30.0 Å². The van der Waals surface area contributed by atoms with Gasteiger partial charge in [0.15, 0.2) is 12.8 Å². The molecule has 6 nitrogen and oxygen atoms in total. The highest BCUT2D eigenvalue weighted by Crippen LogP contribution is 2.46. The quantitative estimate of drug-likeness (QED) is 0.675. The lowest BCUT2D eigenvalue weighted by molar-refractivity contribution is -0.365. The van der Waals surface area contributed by atoms with Crippen LogP contribution in [0.5, 0.6) is 0 Å². The van der Waals surface area contributed by atoms with Gasteiger partial charge in [0.25, 0.3) is 0 Å². The van der Waals surface area contributed by atoms with Crippen LogP contribution >= 0.6 is 23.2 Å². The Kier molecular flexibility index (Phi) is 3.46. The Bertz CT molecular complexity index is 948. The van der Waals surface area contributed by atoms with E-state index in [0.29, 0.717) is 33.2 Å². The predicted octanol–water partition coefficient (Wildman–Crippen LogP) is 2.04. The van der Waals surface area contributed by atoms with E-state index in [1.165, 1.54) is 10.8 Å². The zero-order valence-corrected chi connectivity index (χ0v) is 14.2. The smallest absolute Gasteiger partial charge is 0.382 e. The molecule has 0 aliphatic carbocycles. The highest BCUT2D eigenvalue weighted by molar-refractivity contribution is 6.45. The van der Waals surface area contributed by atoms with Gasteiger partial charge in [0.1, 0.15) is 5.92 Å². The number of aromatic nitrogens is 1. The molecule has 3 heterocycles. The number of amides is 2. The number of hydrogen-bond acceptors (Lipinski definition) is 3. The molecule has 124 valence electrons. The van der Waals surface area contributed by atoms with Crippen molar-refractivity contribution in [1.82, 2.24) is 10.3 Å². The first kappa shape index (κ1) is 15.6. The third-order valence-corrected chi connectivity index (χ3v) is 5.44. The summed E-state index contributed by atoms with van der Waals surface area (Å²) in [5.41, 5.74) is 2.86. The van der Waals surface area contributed by atoms with E-state index in [9.17, 15) is 14.7 Å². The molecule has 24 heavy (non-hydrogen) atoms. The van der Waals surface area contributed by atoms with Crippen LogP contribution in [0.15, 0.2) is 6.07 Å². The summed E-state index contributed by atoms with van der Waals surface area (Å²) in [6.45, 7) is 1.82.